The Balaban J connectivity index is 1.78. The molecule has 0 spiro atoms. The van der Waals surface area contributed by atoms with Crippen LogP contribution >= 0.6 is 11.6 Å². The zero-order valence-corrected chi connectivity index (χ0v) is 13.1. The summed E-state index contributed by atoms with van der Waals surface area (Å²) in [4.78, 5) is 12.5. The minimum Gasteiger partial charge on any atom is -0.352 e. The number of nitrogens with zero attached hydrogens (tertiary/aromatic N) is 1. The molecule has 2 aromatic rings. The molecule has 1 amide bonds. The zero-order valence-electron chi connectivity index (χ0n) is 12.3. The second kappa shape index (κ2) is 6.10. The molecule has 1 unspecified atom stereocenters. The molecular weight excluding hydrogens is 284 g/mol. The molecule has 1 aliphatic rings. The standard InChI is InChI=1S/C17H21ClN2O/c1-12(17(21)19-13-6-3-2-4-7-13)20-11-10-14-15(18)8-5-9-16(14)20/h5,8-13H,2-4,6-7H2,1H3,(H,19,21). The highest BCUT2D eigenvalue weighted by atomic mass is 35.5. The van der Waals surface area contributed by atoms with Gasteiger partial charge in [0.2, 0.25) is 5.91 Å². The van der Waals surface area contributed by atoms with Gasteiger partial charge in [-0.2, -0.15) is 0 Å². The second-order valence-electron chi connectivity index (χ2n) is 5.92. The fourth-order valence-corrected chi connectivity index (χ4v) is 3.42. The van der Waals surface area contributed by atoms with Crippen LogP contribution in [0.4, 0.5) is 0 Å². The Hall–Kier alpha value is -1.48. The van der Waals surface area contributed by atoms with Gasteiger partial charge in [-0.1, -0.05) is 36.9 Å². The summed E-state index contributed by atoms with van der Waals surface area (Å²) in [6, 6.07) is 7.91. The molecule has 3 rings (SSSR count). The molecule has 0 aliphatic heterocycles. The number of nitrogens with one attached hydrogen (secondary N) is 1. The van der Waals surface area contributed by atoms with Gasteiger partial charge in [0, 0.05) is 22.6 Å². The van der Waals surface area contributed by atoms with E-state index in [1.165, 1.54) is 19.3 Å². The lowest BCUT2D eigenvalue weighted by Gasteiger charge is -2.25. The van der Waals surface area contributed by atoms with E-state index in [1.807, 2.05) is 42.0 Å². The molecule has 21 heavy (non-hydrogen) atoms. The van der Waals surface area contributed by atoms with Crippen molar-refractivity contribution in [2.24, 2.45) is 0 Å². The fourth-order valence-electron chi connectivity index (χ4n) is 3.18. The summed E-state index contributed by atoms with van der Waals surface area (Å²) >= 11 is 6.20. The van der Waals surface area contributed by atoms with Crippen molar-refractivity contribution in [3.8, 4) is 0 Å². The SMILES string of the molecule is CC(C(=O)NC1CCCCC1)n1ccc2c(Cl)cccc21. The van der Waals surface area contributed by atoms with Crippen LogP contribution in [0.1, 0.15) is 45.1 Å². The summed E-state index contributed by atoms with van der Waals surface area (Å²) in [6.45, 7) is 1.94. The Kier molecular flexibility index (Phi) is 4.20. The zero-order chi connectivity index (χ0) is 14.8. The largest absolute Gasteiger partial charge is 0.352 e. The summed E-state index contributed by atoms with van der Waals surface area (Å²) in [6.07, 6.45) is 7.90. The first-order chi connectivity index (χ1) is 10.2. The van der Waals surface area contributed by atoms with Gasteiger partial charge in [-0.15, -0.1) is 0 Å². The molecule has 1 N–H and O–H groups in total. The van der Waals surface area contributed by atoms with E-state index >= 15 is 0 Å². The quantitative estimate of drug-likeness (QED) is 0.901. The van der Waals surface area contributed by atoms with E-state index in [9.17, 15) is 4.79 Å². The number of halogens is 1. The number of aromatic nitrogens is 1. The third kappa shape index (κ3) is 2.93. The number of benzene rings is 1. The Bertz CT molecular complexity index is 643. The van der Waals surface area contributed by atoms with Crippen LogP contribution < -0.4 is 5.32 Å². The third-order valence-corrected chi connectivity index (χ3v) is 4.79. The van der Waals surface area contributed by atoms with Crippen molar-refractivity contribution in [1.29, 1.82) is 0 Å². The highest BCUT2D eigenvalue weighted by Crippen LogP contribution is 2.27. The summed E-state index contributed by atoms with van der Waals surface area (Å²) in [5.74, 6) is 0.0966. The van der Waals surface area contributed by atoms with Gasteiger partial charge in [0.25, 0.3) is 0 Å². The summed E-state index contributed by atoms with van der Waals surface area (Å²) < 4.78 is 2.00. The van der Waals surface area contributed by atoms with Gasteiger partial charge < -0.3 is 9.88 Å². The first-order valence-corrected chi connectivity index (χ1v) is 8.10. The lowest BCUT2D eigenvalue weighted by atomic mass is 9.95. The molecule has 0 bridgehead atoms. The number of amides is 1. The van der Waals surface area contributed by atoms with Crippen molar-refractivity contribution in [3.05, 3.63) is 35.5 Å². The number of hydrogen-bond donors (Lipinski definition) is 1. The molecule has 1 aromatic heterocycles. The molecule has 1 aromatic carbocycles. The Morgan fingerprint density at radius 3 is 2.81 bits per heavy atom. The maximum Gasteiger partial charge on any atom is 0.242 e. The molecule has 1 heterocycles. The molecule has 1 saturated carbocycles. The van der Waals surface area contributed by atoms with Crippen LogP contribution in [0.3, 0.4) is 0 Å². The van der Waals surface area contributed by atoms with Crippen LogP contribution in [0.2, 0.25) is 5.02 Å². The smallest absolute Gasteiger partial charge is 0.242 e. The average Bonchev–Trinajstić information content (AvgIpc) is 2.93. The maximum absolute atomic E-state index is 12.5. The molecule has 4 heteroatoms. The van der Waals surface area contributed by atoms with Gasteiger partial charge in [0.05, 0.1) is 5.52 Å². The third-order valence-electron chi connectivity index (χ3n) is 4.46. The highest BCUT2D eigenvalue weighted by molar-refractivity contribution is 6.35. The molecule has 1 fully saturated rings. The molecule has 3 nitrogen and oxygen atoms in total. The van der Waals surface area contributed by atoms with Gasteiger partial charge in [-0.3, -0.25) is 4.79 Å². The molecule has 112 valence electrons. The van der Waals surface area contributed by atoms with Crippen LogP contribution in [0.25, 0.3) is 10.9 Å². The predicted molar refractivity (Wildman–Crippen MR) is 86.7 cm³/mol. The van der Waals surface area contributed by atoms with E-state index in [-0.39, 0.29) is 11.9 Å². The summed E-state index contributed by atoms with van der Waals surface area (Å²) in [5, 5.41) is 4.92. The monoisotopic (exact) mass is 304 g/mol. The maximum atomic E-state index is 12.5. The van der Waals surface area contributed by atoms with Gasteiger partial charge >= 0.3 is 0 Å². The van der Waals surface area contributed by atoms with Gasteiger partial charge in [-0.05, 0) is 38.0 Å². The van der Waals surface area contributed by atoms with Crippen LogP contribution in [0.15, 0.2) is 30.5 Å². The minimum atomic E-state index is -0.220. The Labute approximate surface area is 130 Å². The minimum absolute atomic E-state index is 0.0966. The molecular formula is C17H21ClN2O. The van der Waals surface area contributed by atoms with Gasteiger partial charge in [-0.25, -0.2) is 0 Å². The van der Waals surface area contributed by atoms with Crippen LogP contribution in [-0.4, -0.2) is 16.5 Å². The van der Waals surface area contributed by atoms with Crippen molar-refractivity contribution in [3.63, 3.8) is 0 Å². The number of rotatable bonds is 3. The van der Waals surface area contributed by atoms with Crippen molar-refractivity contribution in [2.75, 3.05) is 0 Å². The molecule has 1 atom stereocenters. The number of hydrogen-bond acceptors (Lipinski definition) is 1. The first kappa shape index (κ1) is 14.5. The number of fused-ring (bicyclic) bond motifs is 1. The number of carbonyl (C=O) groups excluding carboxylic acids is 1. The van der Waals surface area contributed by atoms with E-state index < -0.39 is 0 Å². The van der Waals surface area contributed by atoms with E-state index in [1.54, 1.807) is 0 Å². The predicted octanol–water partition coefficient (Wildman–Crippen LogP) is 4.30. The number of carbonyl (C=O) groups is 1. The lowest BCUT2D eigenvalue weighted by molar-refractivity contribution is -0.124. The highest BCUT2D eigenvalue weighted by Gasteiger charge is 2.21. The normalized spacial score (nSPS) is 17.8. The second-order valence-corrected chi connectivity index (χ2v) is 6.32. The van der Waals surface area contributed by atoms with E-state index in [0.717, 1.165) is 28.8 Å². The summed E-state index contributed by atoms with van der Waals surface area (Å²) in [7, 11) is 0. The molecule has 0 saturated heterocycles. The lowest BCUT2D eigenvalue weighted by Crippen LogP contribution is -2.39. The Morgan fingerprint density at radius 1 is 1.29 bits per heavy atom. The van der Waals surface area contributed by atoms with Gasteiger partial charge in [0.1, 0.15) is 6.04 Å². The average molecular weight is 305 g/mol. The Morgan fingerprint density at radius 2 is 2.05 bits per heavy atom. The first-order valence-electron chi connectivity index (χ1n) is 7.72. The van der Waals surface area contributed by atoms with Crippen LogP contribution in [-0.2, 0) is 4.79 Å². The van der Waals surface area contributed by atoms with Crippen LogP contribution in [0.5, 0.6) is 0 Å². The topological polar surface area (TPSA) is 34.0 Å². The van der Waals surface area contributed by atoms with E-state index in [2.05, 4.69) is 5.32 Å². The molecule has 1 aliphatic carbocycles. The fraction of sp³-hybridized carbons (Fsp3) is 0.471. The van der Waals surface area contributed by atoms with Crippen molar-refractivity contribution < 1.29 is 4.79 Å². The van der Waals surface area contributed by atoms with Crippen molar-refractivity contribution in [1.82, 2.24) is 9.88 Å². The van der Waals surface area contributed by atoms with E-state index in [0.29, 0.717) is 6.04 Å². The molecule has 0 radical (unpaired) electrons. The summed E-state index contributed by atoms with van der Waals surface area (Å²) in [5.41, 5.74) is 1.01. The van der Waals surface area contributed by atoms with Crippen molar-refractivity contribution in [2.45, 2.75) is 51.1 Å². The van der Waals surface area contributed by atoms with Gasteiger partial charge in [0.15, 0.2) is 0 Å². The van der Waals surface area contributed by atoms with Crippen LogP contribution in [0, 0.1) is 0 Å². The van der Waals surface area contributed by atoms with E-state index in [4.69, 9.17) is 11.6 Å². The van der Waals surface area contributed by atoms with Crippen molar-refractivity contribution >= 4 is 28.4 Å².